The largest absolute Gasteiger partial charge is 0.492 e. The zero-order valence-electron chi connectivity index (χ0n) is 11.9. The van der Waals surface area contributed by atoms with E-state index in [0.29, 0.717) is 13.4 Å². The van der Waals surface area contributed by atoms with E-state index in [4.69, 9.17) is 14.2 Å². The molecular formula is C15H23NO3. The minimum atomic E-state index is 0.305. The molecule has 1 aromatic rings. The molecule has 0 aromatic heterocycles. The lowest BCUT2D eigenvalue weighted by atomic mass is 10.3. The highest BCUT2D eigenvalue weighted by atomic mass is 16.7. The van der Waals surface area contributed by atoms with Gasteiger partial charge in [-0.1, -0.05) is 13.8 Å². The van der Waals surface area contributed by atoms with E-state index < -0.39 is 0 Å². The van der Waals surface area contributed by atoms with Gasteiger partial charge in [-0.15, -0.1) is 0 Å². The van der Waals surface area contributed by atoms with E-state index in [9.17, 15) is 0 Å². The van der Waals surface area contributed by atoms with Gasteiger partial charge in [-0.3, -0.25) is 4.90 Å². The van der Waals surface area contributed by atoms with Crippen molar-refractivity contribution in [1.82, 2.24) is 4.90 Å². The van der Waals surface area contributed by atoms with Gasteiger partial charge in [0.25, 0.3) is 0 Å². The highest BCUT2D eigenvalue weighted by molar-refractivity contribution is 5.46. The molecule has 19 heavy (non-hydrogen) atoms. The highest BCUT2D eigenvalue weighted by Crippen LogP contribution is 2.34. The number of rotatable bonds is 8. The molecule has 1 aliphatic rings. The molecule has 0 amide bonds. The van der Waals surface area contributed by atoms with Gasteiger partial charge in [0, 0.05) is 12.6 Å². The van der Waals surface area contributed by atoms with E-state index in [2.05, 4.69) is 18.7 Å². The number of nitrogens with zero attached hydrogens (tertiary/aromatic N) is 1. The predicted octanol–water partition coefficient (Wildman–Crippen LogP) is 2.92. The summed E-state index contributed by atoms with van der Waals surface area (Å²) in [5.41, 5.74) is 0. The van der Waals surface area contributed by atoms with E-state index in [-0.39, 0.29) is 0 Å². The van der Waals surface area contributed by atoms with Gasteiger partial charge in [-0.2, -0.15) is 0 Å². The topological polar surface area (TPSA) is 30.9 Å². The van der Waals surface area contributed by atoms with Crippen molar-refractivity contribution >= 4 is 0 Å². The van der Waals surface area contributed by atoms with Crippen molar-refractivity contribution in [3.63, 3.8) is 0 Å². The van der Waals surface area contributed by atoms with Crippen LogP contribution >= 0.6 is 0 Å². The maximum absolute atomic E-state index is 5.78. The number of hydrogen-bond acceptors (Lipinski definition) is 4. The van der Waals surface area contributed by atoms with Crippen LogP contribution in [0.4, 0.5) is 0 Å². The Bertz CT molecular complexity index is 389. The summed E-state index contributed by atoms with van der Waals surface area (Å²) in [5, 5.41) is 0. The van der Waals surface area contributed by atoms with E-state index in [0.717, 1.165) is 36.9 Å². The van der Waals surface area contributed by atoms with Gasteiger partial charge in [0.15, 0.2) is 11.5 Å². The fourth-order valence-electron chi connectivity index (χ4n) is 2.23. The molecular weight excluding hydrogens is 242 g/mol. The molecule has 1 aromatic carbocycles. The van der Waals surface area contributed by atoms with Crippen molar-refractivity contribution in [3.8, 4) is 17.2 Å². The van der Waals surface area contributed by atoms with Crippen molar-refractivity contribution in [2.45, 2.75) is 26.7 Å². The maximum atomic E-state index is 5.78. The van der Waals surface area contributed by atoms with Crippen LogP contribution in [0, 0.1) is 0 Å². The summed E-state index contributed by atoms with van der Waals surface area (Å²) in [5.74, 6) is 2.42. The van der Waals surface area contributed by atoms with E-state index in [1.54, 1.807) is 0 Å². The fourth-order valence-corrected chi connectivity index (χ4v) is 2.23. The molecule has 0 atom stereocenters. The molecule has 4 heteroatoms. The zero-order chi connectivity index (χ0) is 13.5. The predicted molar refractivity (Wildman–Crippen MR) is 75.1 cm³/mol. The first-order chi connectivity index (χ1) is 9.33. The molecule has 0 bridgehead atoms. The summed E-state index contributed by atoms with van der Waals surface area (Å²) in [6.45, 7) is 8.68. The number of hydrogen-bond donors (Lipinski definition) is 0. The Morgan fingerprint density at radius 2 is 1.79 bits per heavy atom. The number of ether oxygens (including phenoxy) is 3. The Hall–Kier alpha value is -1.42. The van der Waals surface area contributed by atoms with Gasteiger partial charge in [0.1, 0.15) is 12.4 Å². The molecule has 0 spiro atoms. The minimum Gasteiger partial charge on any atom is -0.492 e. The third-order valence-corrected chi connectivity index (χ3v) is 3.10. The second kappa shape index (κ2) is 7.24. The average Bonchev–Trinajstić information content (AvgIpc) is 2.86. The smallest absolute Gasteiger partial charge is 0.231 e. The molecule has 4 nitrogen and oxygen atoms in total. The van der Waals surface area contributed by atoms with Gasteiger partial charge in [-0.05, 0) is 38.1 Å². The third-order valence-electron chi connectivity index (χ3n) is 3.10. The second-order valence-electron chi connectivity index (χ2n) is 4.71. The van der Waals surface area contributed by atoms with Crippen LogP contribution in [-0.2, 0) is 0 Å². The van der Waals surface area contributed by atoms with Crippen molar-refractivity contribution in [2.24, 2.45) is 0 Å². The fraction of sp³-hybridized carbons (Fsp3) is 0.600. The Balaban J connectivity index is 1.78. The summed E-state index contributed by atoms with van der Waals surface area (Å²) in [6.07, 6.45) is 2.37. The van der Waals surface area contributed by atoms with Gasteiger partial charge < -0.3 is 14.2 Å². The van der Waals surface area contributed by atoms with Crippen molar-refractivity contribution in [3.05, 3.63) is 18.2 Å². The summed E-state index contributed by atoms with van der Waals surface area (Å²) >= 11 is 0. The van der Waals surface area contributed by atoms with Crippen molar-refractivity contribution < 1.29 is 14.2 Å². The SMILES string of the molecule is CCCN(CCC)CCOc1ccc2c(c1)OCO2. The summed E-state index contributed by atoms with van der Waals surface area (Å²) < 4.78 is 16.4. The molecule has 0 N–H and O–H groups in total. The third kappa shape index (κ3) is 4.03. The van der Waals surface area contributed by atoms with Gasteiger partial charge in [0.2, 0.25) is 6.79 Å². The van der Waals surface area contributed by atoms with Crippen molar-refractivity contribution in [1.29, 1.82) is 0 Å². The maximum Gasteiger partial charge on any atom is 0.231 e. The first-order valence-corrected chi connectivity index (χ1v) is 7.08. The Labute approximate surface area is 115 Å². The molecule has 106 valence electrons. The summed E-state index contributed by atoms with van der Waals surface area (Å²) in [6, 6.07) is 5.72. The van der Waals surface area contributed by atoms with E-state index in [1.807, 2.05) is 18.2 Å². The standard InChI is InChI=1S/C15H23NO3/c1-3-7-16(8-4-2)9-10-17-13-5-6-14-15(11-13)19-12-18-14/h5-6,11H,3-4,7-10,12H2,1-2H3. The molecule has 0 unspecified atom stereocenters. The van der Waals surface area contributed by atoms with Crippen LogP contribution < -0.4 is 14.2 Å². The quantitative estimate of drug-likeness (QED) is 0.723. The van der Waals surface area contributed by atoms with E-state index >= 15 is 0 Å². The molecule has 1 heterocycles. The zero-order valence-corrected chi connectivity index (χ0v) is 11.9. The molecule has 1 aliphatic heterocycles. The van der Waals surface area contributed by atoms with Crippen LogP contribution in [0.1, 0.15) is 26.7 Å². The highest BCUT2D eigenvalue weighted by Gasteiger charge is 2.13. The summed E-state index contributed by atoms with van der Waals surface area (Å²) in [4.78, 5) is 2.44. The van der Waals surface area contributed by atoms with Crippen LogP contribution in [0.25, 0.3) is 0 Å². The lowest BCUT2D eigenvalue weighted by molar-refractivity contribution is 0.173. The van der Waals surface area contributed by atoms with Crippen LogP contribution in [0.15, 0.2) is 18.2 Å². The normalized spacial score (nSPS) is 13.0. The lowest BCUT2D eigenvalue weighted by Crippen LogP contribution is -2.30. The van der Waals surface area contributed by atoms with Crippen molar-refractivity contribution in [2.75, 3.05) is 33.0 Å². The Kier molecular flexibility index (Phi) is 5.33. The van der Waals surface area contributed by atoms with Gasteiger partial charge in [-0.25, -0.2) is 0 Å². The minimum absolute atomic E-state index is 0.305. The number of benzene rings is 1. The van der Waals surface area contributed by atoms with Crippen LogP contribution in [0.5, 0.6) is 17.2 Å². The molecule has 2 rings (SSSR count). The molecule has 0 aliphatic carbocycles. The van der Waals surface area contributed by atoms with Crippen LogP contribution in [-0.4, -0.2) is 37.9 Å². The average molecular weight is 265 g/mol. The van der Waals surface area contributed by atoms with Gasteiger partial charge in [0.05, 0.1) is 0 Å². The molecule has 0 saturated heterocycles. The molecule has 0 radical (unpaired) electrons. The van der Waals surface area contributed by atoms with E-state index in [1.165, 1.54) is 12.8 Å². The first kappa shape index (κ1) is 14.0. The number of fused-ring (bicyclic) bond motifs is 1. The monoisotopic (exact) mass is 265 g/mol. The Morgan fingerprint density at radius 1 is 1.05 bits per heavy atom. The van der Waals surface area contributed by atoms with Gasteiger partial charge >= 0.3 is 0 Å². The molecule has 0 fully saturated rings. The van der Waals surface area contributed by atoms with Crippen LogP contribution in [0.3, 0.4) is 0 Å². The first-order valence-electron chi connectivity index (χ1n) is 7.08. The van der Waals surface area contributed by atoms with Crippen LogP contribution in [0.2, 0.25) is 0 Å². The Morgan fingerprint density at radius 3 is 2.53 bits per heavy atom. The lowest BCUT2D eigenvalue weighted by Gasteiger charge is -2.20. The summed E-state index contributed by atoms with van der Waals surface area (Å²) in [7, 11) is 0. The second-order valence-corrected chi connectivity index (χ2v) is 4.71. The molecule has 0 saturated carbocycles.